The summed E-state index contributed by atoms with van der Waals surface area (Å²) < 4.78 is 13.2. The molecule has 1 saturated carbocycles. The molecule has 4 atom stereocenters. The molecule has 5 aliphatic rings. The van der Waals surface area contributed by atoms with Gasteiger partial charge in [-0.1, -0.05) is 95.5 Å². The van der Waals surface area contributed by atoms with Gasteiger partial charge in [0.25, 0.3) is 0 Å². The highest BCUT2D eigenvalue weighted by Crippen LogP contribution is 2.54. The highest BCUT2D eigenvalue weighted by molar-refractivity contribution is 7.58. The maximum Gasteiger partial charge on any atom is 0.184 e. The summed E-state index contributed by atoms with van der Waals surface area (Å²) in [5, 5.41) is 0. The lowest BCUT2D eigenvalue weighted by molar-refractivity contribution is 0.182. The Morgan fingerprint density at radius 1 is 0.692 bits per heavy atom. The number of ether oxygens (including phenoxy) is 2. The molecule has 2 heterocycles. The Bertz CT molecular complexity index is 1220. The molecule has 2 aliphatic heterocycles. The van der Waals surface area contributed by atoms with Crippen LogP contribution in [-0.2, 0) is 20.3 Å². The fourth-order valence-corrected chi connectivity index (χ4v) is 11.1. The van der Waals surface area contributed by atoms with Crippen LogP contribution in [0.5, 0.6) is 0 Å². The minimum atomic E-state index is -0.115. The van der Waals surface area contributed by atoms with E-state index in [-0.39, 0.29) is 43.0 Å². The summed E-state index contributed by atoms with van der Waals surface area (Å²) in [6.07, 6.45) is 11.6. The van der Waals surface area contributed by atoms with Gasteiger partial charge in [0.05, 0.1) is 0 Å². The Morgan fingerprint density at radius 2 is 1.15 bits per heavy atom. The maximum atomic E-state index is 6.58. The molecule has 0 aromatic heterocycles. The van der Waals surface area contributed by atoms with Crippen molar-refractivity contribution in [2.24, 2.45) is 9.98 Å². The normalized spacial score (nSPS) is 29.7. The van der Waals surface area contributed by atoms with Crippen LogP contribution in [0.25, 0.3) is 0 Å². The van der Waals surface area contributed by atoms with Crippen LogP contribution in [0.1, 0.15) is 107 Å². The first-order valence-corrected chi connectivity index (χ1v) is 17.0. The predicted molar refractivity (Wildman–Crippen MR) is 162 cm³/mol. The smallest absolute Gasteiger partial charge is 0.184 e. The van der Waals surface area contributed by atoms with Crippen LogP contribution in [0.4, 0.5) is 0 Å². The summed E-state index contributed by atoms with van der Waals surface area (Å²) in [6.45, 7) is 9.33. The minimum absolute atomic E-state index is 0.0273. The fourth-order valence-electron chi connectivity index (χ4n) is 8.11. The van der Waals surface area contributed by atoms with Gasteiger partial charge < -0.3 is 9.47 Å². The van der Waals surface area contributed by atoms with E-state index in [1.807, 2.05) is 0 Å². The molecule has 2 aromatic carbocycles. The third kappa shape index (κ3) is 4.28. The molecule has 0 spiro atoms. The summed E-state index contributed by atoms with van der Waals surface area (Å²) in [6, 6.07) is 18.0. The summed E-state index contributed by atoms with van der Waals surface area (Å²) in [4.78, 5) is 10.4. The standard InChI is InChI=1S/C34H43N2O2P/c1-33(2)25-16-10-8-14-23(25)29-31(33)35-27(37-29)18-20-39(22-12-6-5-7-13-22)21-19-28-36-32-30(38-28)24-15-9-11-17-26(24)34(32,3)4/h8-11,14-17,22,29-32H,5-7,12-13,18-21H2,1-4H3/t29-,30-,31-,32-/m0/s1. The lowest BCUT2D eigenvalue weighted by Gasteiger charge is -2.31. The van der Waals surface area contributed by atoms with Gasteiger partial charge in [-0.25, -0.2) is 9.98 Å². The van der Waals surface area contributed by atoms with Gasteiger partial charge in [-0.3, -0.25) is 0 Å². The Hall–Kier alpha value is -2.19. The molecular weight excluding hydrogens is 499 g/mol. The topological polar surface area (TPSA) is 43.2 Å². The SMILES string of the molecule is CC1(C)c2ccccc2[C@@H]2OC(CCP(CCC3=N[C@H]4[C@@H](O3)c3ccccc3C4(C)C)C3CCCCC3)=N[C@@H]21. The van der Waals surface area contributed by atoms with Crippen molar-refractivity contribution in [3.05, 3.63) is 70.8 Å². The van der Waals surface area contributed by atoms with E-state index in [1.54, 1.807) is 0 Å². The van der Waals surface area contributed by atoms with Gasteiger partial charge in [-0.05, 0) is 53.1 Å². The second-order valence-corrected chi connectivity index (χ2v) is 16.3. The minimum Gasteiger partial charge on any atom is -0.471 e. The van der Waals surface area contributed by atoms with Crippen LogP contribution in [0.15, 0.2) is 58.5 Å². The van der Waals surface area contributed by atoms with Crippen molar-refractivity contribution in [1.82, 2.24) is 0 Å². The maximum absolute atomic E-state index is 6.58. The Balaban J connectivity index is 1.03. The zero-order valence-corrected chi connectivity index (χ0v) is 24.9. The monoisotopic (exact) mass is 542 g/mol. The highest BCUT2D eigenvalue weighted by Gasteiger charge is 2.52. The van der Waals surface area contributed by atoms with E-state index in [4.69, 9.17) is 19.5 Å². The first kappa shape index (κ1) is 25.8. The predicted octanol–water partition coefficient (Wildman–Crippen LogP) is 8.24. The molecule has 39 heavy (non-hydrogen) atoms. The molecule has 5 heteroatoms. The average Bonchev–Trinajstić information content (AvgIpc) is 3.67. The second kappa shape index (κ2) is 9.72. The van der Waals surface area contributed by atoms with Crippen molar-refractivity contribution in [3.8, 4) is 0 Å². The summed E-state index contributed by atoms with van der Waals surface area (Å²) in [5.74, 6) is 2.00. The van der Waals surface area contributed by atoms with Crippen molar-refractivity contribution in [1.29, 1.82) is 0 Å². The number of hydrogen-bond acceptors (Lipinski definition) is 4. The number of nitrogens with zero attached hydrogens (tertiary/aromatic N) is 2. The Labute approximate surface area is 235 Å². The van der Waals surface area contributed by atoms with Crippen LogP contribution in [-0.4, -0.2) is 41.9 Å². The second-order valence-electron chi connectivity index (χ2n) is 13.5. The van der Waals surface area contributed by atoms with Gasteiger partial charge in [0, 0.05) is 23.7 Å². The summed E-state index contributed by atoms with van der Waals surface area (Å²) >= 11 is 0. The molecule has 0 radical (unpaired) electrons. The van der Waals surface area contributed by atoms with Gasteiger partial charge in [0.2, 0.25) is 0 Å². The molecule has 2 aromatic rings. The lowest BCUT2D eigenvalue weighted by Crippen LogP contribution is -2.27. The van der Waals surface area contributed by atoms with Gasteiger partial charge >= 0.3 is 0 Å². The lowest BCUT2D eigenvalue weighted by atomic mass is 9.83. The molecule has 7 rings (SSSR count). The van der Waals surface area contributed by atoms with Gasteiger partial charge in [-0.15, -0.1) is 7.92 Å². The average molecular weight is 543 g/mol. The van der Waals surface area contributed by atoms with Crippen LogP contribution < -0.4 is 0 Å². The first-order valence-electron chi connectivity index (χ1n) is 15.2. The third-order valence-electron chi connectivity index (χ3n) is 10.4. The molecule has 0 N–H and O–H groups in total. The van der Waals surface area contributed by atoms with E-state index < -0.39 is 0 Å². The molecule has 0 unspecified atom stereocenters. The highest BCUT2D eigenvalue weighted by atomic mass is 31.1. The molecule has 206 valence electrons. The number of aliphatic imine (C=N–C) groups is 2. The third-order valence-corrected chi connectivity index (χ3v) is 13.5. The van der Waals surface area contributed by atoms with Crippen LogP contribution >= 0.6 is 7.92 Å². The summed E-state index contributed by atoms with van der Waals surface area (Å²) in [7, 11) is -0.115. The Kier molecular flexibility index (Phi) is 6.42. The van der Waals surface area contributed by atoms with Crippen molar-refractivity contribution in [2.75, 3.05) is 12.3 Å². The fraction of sp³-hybridized carbons (Fsp3) is 0.588. The van der Waals surface area contributed by atoms with Crippen molar-refractivity contribution in [2.45, 2.75) is 113 Å². The van der Waals surface area contributed by atoms with Crippen LogP contribution in [0, 0.1) is 0 Å². The van der Waals surface area contributed by atoms with Gasteiger partial charge in [0.15, 0.2) is 11.8 Å². The largest absolute Gasteiger partial charge is 0.471 e. The van der Waals surface area contributed by atoms with E-state index in [0.29, 0.717) is 0 Å². The quantitative estimate of drug-likeness (QED) is 0.331. The molecule has 3 aliphatic carbocycles. The van der Waals surface area contributed by atoms with E-state index >= 15 is 0 Å². The number of hydrogen-bond donors (Lipinski definition) is 0. The zero-order chi connectivity index (χ0) is 26.8. The zero-order valence-electron chi connectivity index (χ0n) is 24.0. The van der Waals surface area contributed by atoms with Crippen LogP contribution in [0.2, 0.25) is 0 Å². The number of fused-ring (bicyclic) bond motifs is 6. The van der Waals surface area contributed by atoms with Crippen LogP contribution in [0.3, 0.4) is 0 Å². The number of benzene rings is 2. The van der Waals surface area contributed by atoms with E-state index in [2.05, 4.69) is 76.2 Å². The molecular formula is C34H43N2O2P. The van der Waals surface area contributed by atoms with E-state index in [0.717, 1.165) is 30.3 Å². The number of rotatable bonds is 7. The van der Waals surface area contributed by atoms with Crippen molar-refractivity contribution < 1.29 is 9.47 Å². The van der Waals surface area contributed by atoms with E-state index in [1.165, 1.54) is 66.7 Å². The van der Waals surface area contributed by atoms with E-state index in [9.17, 15) is 0 Å². The molecule has 4 nitrogen and oxygen atoms in total. The van der Waals surface area contributed by atoms with Crippen molar-refractivity contribution in [3.63, 3.8) is 0 Å². The molecule has 1 fully saturated rings. The van der Waals surface area contributed by atoms with Gasteiger partial charge in [-0.2, -0.15) is 0 Å². The Morgan fingerprint density at radius 3 is 1.64 bits per heavy atom. The van der Waals surface area contributed by atoms with Crippen molar-refractivity contribution >= 4 is 19.7 Å². The molecule has 0 bridgehead atoms. The summed E-state index contributed by atoms with van der Waals surface area (Å²) in [5.41, 5.74) is 6.41. The van der Waals surface area contributed by atoms with Gasteiger partial charge in [0.1, 0.15) is 24.3 Å². The molecule has 0 saturated heterocycles. The first-order chi connectivity index (χ1) is 18.8. The molecule has 0 amide bonds.